The minimum absolute atomic E-state index is 0.0805. The second kappa shape index (κ2) is 8.55. The van der Waals surface area contributed by atoms with E-state index in [2.05, 4.69) is 19.9 Å². The van der Waals surface area contributed by atoms with E-state index in [1.165, 1.54) is 0 Å². The molecule has 0 atom stereocenters. The molecule has 0 bridgehead atoms. The van der Waals surface area contributed by atoms with Crippen molar-refractivity contribution < 1.29 is 9.53 Å². The van der Waals surface area contributed by atoms with Gasteiger partial charge in [0.2, 0.25) is 0 Å². The normalized spacial score (nSPS) is 14.1. The highest BCUT2D eigenvalue weighted by molar-refractivity contribution is 6.31. The zero-order valence-corrected chi connectivity index (χ0v) is 18.8. The fraction of sp³-hybridized carbons (Fsp3) is 0.364. The van der Waals surface area contributed by atoms with Crippen molar-refractivity contribution in [1.82, 2.24) is 24.4 Å². The molecule has 1 fully saturated rings. The zero-order valence-electron chi connectivity index (χ0n) is 18.1. The molecule has 1 aliphatic rings. The van der Waals surface area contributed by atoms with Gasteiger partial charge in [0.25, 0.3) is 5.91 Å². The Morgan fingerprint density at radius 2 is 1.74 bits per heavy atom. The molecule has 3 aromatic rings. The quantitative estimate of drug-likeness (QED) is 0.620. The van der Waals surface area contributed by atoms with Crippen molar-refractivity contribution in [3.63, 3.8) is 0 Å². The van der Waals surface area contributed by atoms with Gasteiger partial charge in [-0.05, 0) is 39.0 Å². The molecule has 0 radical (unpaired) electrons. The molecule has 9 heteroatoms. The smallest absolute Gasteiger partial charge is 0.257 e. The second-order valence-corrected chi connectivity index (χ2v) is 7.98. The first kappa shape index (κ1) is 21.1. The maximum absolute atomic E-state index is 13.0. The number of nitrogens with zero attached hydrogens (tertiary/aromatic N) is 6. The lowest BCUT2D eigenvalue weighted by Gasteiger charge is -2.35. The van der Waals surface area contributed by atoms with E-state index in [0.29, 0.717) is 48.3 Å². The van der Waals surface area contributed by atoms with Gasteiger partial charge in [0.1, 0.15) is 29.5 Å². The van der Waals surface area contributed by atoms with Crippen LogP contribution in [0.3, 0.4) is 0 Å². The molecule has 2 aromatic heterocycles. The van der Waals surface area contributed by atoms with E-state index >= 15 is 0 Å². The second-order valence-electron chi connectivity index (χ2n) is 7.54. The lowest BCUT2D eigenvalue weighted by molar-refractivity contribution is 0.0743. The van der Waals surface area contributed by atoms with Crippen LogP contribution in [0.5, 0.6) is 5.75 Å². The van der Waals surface area contributed by atoms with Gasteiger partial charge in [-0.2, -0.15) is 0 Å². The Morgan fingerprint density at radius 1 is 1.03 bits per heavy atom. The van der Waals surface area contributed by atoms with Crippen LogP contribution >= 0.6 is 11.6 Å². The van der Waals surface area contributed by atoms with Crippen molar-refractivity contribution in [2.75, 3.05) is 38.2 Å². The number of anilines is 1. The maximum Gasteiger partial charge on any atom is 0.257 e. The van der Waals surface area contributed by atoms with Crippen LogP contribution in [0.4, 0.5) is 5.82 Å². The van der Waals surface area contributed by atoms with Crippen molar-refractivity contribution in [3.05, 3.63) is 58.4 Å². The fourth-order valence-corrected chi connectivity index (χ4v) is 3.88. The molecule has 8 nitrogen and oxygen atoms in total. The number of carbonyl (C=O) groups excluding carboxylic acids is 1. The summed E-state index contributed by atoms with van der Waals surface area (Å²) in [4.78, 5) is 30.6. The van der Waals surface area contributed by atoms with Crippen molar-refractivity contribution in [3.8, 4) is 11.6 Å². The van der Waals surface area contributed by atoms with Crippen LogP contribution in [0.1, 0.15) is 27.6 Å². The fourth-order valence-electron chi connectivity index (χ4n) is 3.71. The van der Waals surface area contributed by atoms with Gasteiger partial charge >= 0.3 is 0 Å². The number of ether oxygens (including phenoxy) is 1. The number of aromatic nitrogens is 4. The van der Waals surface area contributed by atoms with E-state index in [1.54, 1.807) is 31.6 Å². The minimum atomic E-state index is -0.0805. The molecule has 0 spiro atoms. The molecule has 0 saturated carbocycles. The lowest BCUT2D eigenvalue weighted by atomic mass is 10.1. The summed E-state index contributed by atoms with van der Waals surface area (Å²) in [5.74, 6) is 2.78. The van der Waals surface area contributed by atoms with Gasteiger partial charge < -0.3 is 14.5 Å². The highest BCUT2D eigenvalue weighted by Gasteiger charge is 2.25. The van der Waals surface area contributed by atoms with E-state index in [0.717, 1.165) is 23.0 Å². The minimum Gasteiger partial charge on any atom is -0.496 e. The predicted molar refractivity (Wildman–Crippen MR) is 119 cm³/mol. The Hall–Kier alpha value is -3.13. The molecule has 0 aliphatic carbocycles. The number of imidazole rings is 1. The highest BCUT2D eigenvalue weighted by atomic mass is 35.5. The number of benzene rings is 1. The Bertz CT molecular complexity index is 1120. The van der Waals surface area contributed by atoms with Crippen LogP contribution < -0.4 is 9.64 Å². The molecule has 3 heterocycles. The first-order valence-corrected chi connectivity index (χ1v) is 10.5. The molecule has 1 aliphatic heterocycles. The third kappa shape index (κ3) is 4.20. The molecule has 0 N–H and O–H groups in total. The van der Waals surface area contributed by atoms with Gasteiger partial charge in [0.15, 0.2) is 0 Å². The van der Waals surface area contributed by atoms with Gasteiger partial charge in [-0.3, -0.25) is 9.36 Å². The topological polar surface area (TPSA) is 76.4 Å². The summed E-state index contributed by atoms with van der Waals surface area (Å²) in [6.07, 6.45) is 1.78. The summed E-state index contributed by atoms with van der Waals surface area (Å²) in [6.45, 7) is 8.39. The first-order valence-electron chi connectivity index (χ1n) is 10.1. The van der Waals surface area contributed by atoms with Gasteiger partial charge in [0, 0.05) is 43.0 Å². The number of rotatable bonds is 4. The van der Waals surface area contributed by atoms with E-state index in [4.69, 9.17) is 16.3 Å². The van der Waals surface area contributed by atoms with Gasteiger partial charge in [-0.25, -0.2) is 15.0 Å². The largest absolute Gasteiger partial charge is 0.496 e. The SMILES string of the molecule is COc1ccc(Cl)cc1C(=O)N1CCN(c2cc(-n3cnc(C)c3C)nc(C)n2)CC1. The Morgan fingerprint density at radius 3 is 2.39 bits per heavy atom. The van der Waals surface area contributed by atoms with Crippen LogP contribution in [0.2, 0.25) is 5.02 Å². The van der Waals surface area contributed by atoms with Crippen LogP contribution in [-0.2, 0) is 0 Å². The highest BCUT2D eigenvalue weighted by Crippen LogP contribution is 2.25. The van der Waals surface area contributed by atoms with Crippen molar-refractivity contribution >= 4 is 23.3 Å². The molecule has 1 aromatic carbocycles. The third-order valence-corrected chi connectivity index (χ3v) is 5.83. The molecule has 162 valence electrons. The van der Waals surface area contributed by atoms with Crippen molar-refractivity contribution in [2.45, 2.75) is 20.8 Å². The summed E-state index contributed by atoms with van der Waals surface area (Å²) in [7, 11) is 1.55. The molecule has 0 unspecified atom stereocenters. The maximum atomic E-state index is 13.0. The molecular weight excluding hydrogens is 416 g/mol. The summed E-state index contributed by atoms with van der Waals surface area (Å²) in [6, 6.07) is 7.06. The van der Waals surface area contributed by atoms with Crippen LogP contribution in [0, 0.1) is 20.8 Å². The van der Waals surface area contributed by atoms with Gasteiger partial charge in [-0.1, -0.05) is 11.6 Å². The number of carbonyl (C=O) groups is 1. The van der Waals surface area contributed by atoms with Crippen LogP contribution in [-0.4, -0.2) is 63.6 Å². The summed E-state index contributed by atoms with van der Waals surface area (Å²) >= 11 is 6.10. The van der Waals surface area contributed by atoms with E-state index in [1.807, 2.05) is 36.3 Å². The Balaban J connectivity index is 1.51. The standard InChI is InChI=1S/C22H25ClN6O2/c1-14-15(2)29(13-24-14)21-12-20(25-16(3)26-21)27-7-9-28(10-8-27)22(30)18-11-17(23)5-6-19(18)31-4/h5-6,11-13H,7-10H2,1-4H3. The van der Waals surface area contributed by atoms with Gasteiger partial charge in [-0.15, -0.1) is 0 Å². The average molecular weight is 441 g/mol. The predicted octanol–water partition coefficient (Wildman–Crippen LogP) is 3.21. The number of piperazine rings is 1. The number of hydrogen-bond donors (Lipinski definition) is 0. The van der Waals surface area contributed by atoms with E-state index < -0.39 is 0 Å². The number of hydrogen-bond acceptors (Lipinski definition) is 6. The van der Waals surface area contributed by atoms with Crippen LogP contribution in [0.25, 0.3) is 5.82 Å². The summed E-state index contributed by atoms with van der Waals surface area (Å²) in [5, 5.41) is 0.511. The molecule has 31 heavy (non-hydrogen) atoms. The average Bonchev–Trinajstić information content (AvgIpc) is 3.11. The van der Waals surface area contributed by atoms with E-state index in [-0.39, 0.29) is 5.91 Å². The zero-order chi connectivity index (χ0) is 22.1. The lowest BCUT2D eigenvalue weighted by Crippen LogP contribution is -2.49. The summed E-state index contributed by atoms with van der Waals surface area (Å²) in [5.41, 5.74) is 2.51. The van der Waals surface area contributed by atoms with Crippen LogP contribution in [0.15, 0.2) is 30.6 Å². The number of methoxy groups -OCH3 is 1. The molecule has 1 saturated heterocycles. The number of amides is 1. The van der Waals surface area contributed by atoms with Crippen molar-refractivity contribution in [2.24, 2.45) is 0 Å². The van der Waals surface area contributed by atoms with Crippen molar-refractivity contribution in [1.29, 1.82) is 0 Å². The molecule has 1 amide bonds. The molecule has 4 rings (SSSR count). The Labute approximate surface area is 186 Å². The number of halogens is 1. The monoisotopic (exact) mass is 440 g/mol. The van der Waals surface area contributed by atoms with Gasteiger partial charge in [0.05, 0.1) is 18.4 Å². The van der Waals surface area contributed by atoms with E-state index in [9.17, 15) is 4.79 Å². The third-order valence-electron chi connectivity index (χ3n) is 5.59. The Kier molecular flexibility index (Phi) is 5.82. The summed E-state index contributed by atoms with van der Waals surface area (Å²) < 4.78 is 7.31. The number of aryl methyl sites for hydroxylation is 2. The first-order chi connectivity index (χ1) is 14.9. The molecular formula is C22H25ClN6O2.